The third kappa shape index (κ3) is 7.73. The van der Waals surface area contributed by atoms with Gasteiger partial charge in [-0.1, -0.05) is 60.7 Å². The van der Waals surface area contributed by atoms with E-state index in [1.54, 1.807) is 47.4 Å². The number of alkyl halides is 3. The van der Waals surface area contributed by atoms with Crippen LogP contribution in [0, 0.1) is 0 Å². The van der Waals surface area contributed by atoms with E-state index in [9.17, 15) is 32.7 Å². The lowest BCUT2D eigenvalue weighted by molar-refractivity contribution is -0.146. The first-order valence-corrected chi connectivity index (χ1v) is 16.4. The van der Waals surface area contributed by atoms with Gasteiger partial charge in [0.25, 0.3) is 5.91 Å². The lowest BCUT2D eigenvalue weighted by Crippen LogP contribution is -2.42. The molecule has 0 bridgehead atoms. The molecule has 6 rings (SSSR count). The minimum absolute atomic E-state index is 0.132. The fourth-order valence-corrected chi connectivity index (χ4v) is 6.47. The molecule has 2 aliphatic rings. The minimum Gasteiger partial charge on any atom is -0.479 e. The van der Waals surface area contributed by atoms with Crippen LogP contribution in [0.25, 0.3) is 16.7 Å². The minimum atomic E-state index is -4.48. The van der Waals surface area contributed by atoms with Gasteiger partial charge in [-0.3, -0.25) is 9.69 Å². The molecular formula is C39H36F3N3O5. The Hall–Kier alpha value is -5.42. The van der Waals surface area contributed by atoms with Crippen molar-refractivity contribution < 1.29 is 37.8 Å². The summed E-state index contributed by atoms with van der Waals surface area (Å²) >= 11 is 0. The van der Waals surface area contributed by atoms with Crippen molar-refractivity contribution in [3.05, 3.63) is 130 Å². The van der Waals surface area contributed by atoms with Crippen LogP contribution < -0.4 is 15.5 Å². The van der Waals surface area contributed by atoms with Crippen molar-refractivity contribution in [2.24, 2.45) is 0 Å². The number of amides is 3. The quantitative estimate of drug-likeness (QED) is 0.146. The predicted octanol–water partition coefficient (Wildman–Crippen LogP) is 7.52. The first-order valence-electron chi connectivity index (χ1n) is 16.4. The van der Waals surface area contributed by atoms with E-state index in [2.05, 4.69) is 16.7 Å². The smallest absolute Gasteiger partial charge is 0.416 e. The molecule has 3 amide bonds. The lowest BCUT2D eigenvalue weighted by atomic mass is 9.82. The predicted molar refractivity (Wildman–Crippen MR) is 183 cm³/mol. The lowest BCUT2D eigenvalue weighted by Gasteiger charge is -2.32. The molecule has 50 heavy (non-hydrogen) atoms. The largest absolute Gasteiger partial charge is 0.479 e. The number of allylic oxidation sites excluding steroid dienone is 2. The van der Waals surface area contributed by atoms with Gasteiger partial charge in [-0.05, 0) is 107 Å². The number of fused-ring (bicyclic) bond motifs is 3. The van der Waals surface area contributed by atoms with Crippen molar-refractivity contribution in [1.82, 2.24) is 10.6 Å². The van der Waals surface area contributed by atoms with Crippen molar-refractivity contribution in [3.63, 3.8) is 0 Å². The van der Waals surface area contributed by atoms with E-state index in [1.165, 1.54) is 24.1 Å². The number of hydrogen-bond donors (Lipinski definition) is 4. The van der Waals surface area contributed by atoms with Gasteiger partial charge in [0.2, 0.25) is 0 Å². The SMILES string of the molecule is O=C(NC[C@@H](O)C(=O)O)c1ccc(CN(C(=O)NC2Cc3ccc(C(F)(F)F)cc3-c3ccccc32)c2ccc(C3=CCCCC3)cc2)cc1. The van der Waals surface area contributed by atoms with Crippen molar-refractivity contribution in [2.45, 2.75) is 57.0 Å². The summed E-state index contributed by atoms with van der Waals surface area (Å²) in [7, 11) is 0. The fraction of sp³-hybridized carbons (Fsp3) is 0.256. The number of urea groups is 1. The molecule has 4 aromatic carbocycles. The number of aliphatic carboxylic acids is 1. The van der Waals surface area contributed by atoms with E-state index in [0.29, 0.717) is 34.4 Å². The normalized spacial score (nSPS) is 15.9. The number of benzene rings is 4. The number of carbonyl (C=O) groups excluding carboxylic acids is 2. The number of aliphatic hydroxyl groups excluding tert-OH is 1. The standard InChI is InChI=1S/C39H36F3N3O5/c40-39(41,42)29-17-14-28-20-34(32-9-5-4-8-31(32)33(28)21-29)44-38(50)45(30-18-15-26(16-19-30)25-6-2-1-3-7-25)23-24-10-12-27(13-11-24)36(47)43-22-35(46)37(48)49/h4-6,8-19,21,34-35,46H,1-3,7,20,22-23H2,(H,43,47)(H,44,50)(H,48,49)/t34?,35-/m1/s1. The Kier molecular flexibility index (Phi) is 10.1. The van der Waals surface area contributed by atoms with Crippen LogP contribution in [0.2, 0.25) is 0 Å². The van der Waals surface area contributed by atoms with Gasteiger partial charge in [-0.2, -0.15) is 13.2 Å². The van der Waals surface area contributed by atoms with Gasteiger partial charge in [0.1, 0.15) is 0 Å². The monoisotopic (exact) mass is 683 g/mol. The zero-order valence-corrected chi connectivity index (χ0v) is 27.0. The average Bonchev–Trinajstić information content (AvgIpc) is 3.12. The topological polar surface area (TPSA) is 119 Å². The molecule has 11 heteroatoms. The maximum Gasteiger partial charge on any atom is 0.416 e. The molecule has 8 nitrogen and oxygen atoms in total. The van der Waals surface area contributed by atoms with Gasteiger partial charge in [0.15, 0.2) is 6.10 Å². The van der Waals surface area contributed by atoms with E-state index < -0.39 is 48.3 Å². The molecule has 258 valence electrons. The molecule has 0 saturated heterocycles. The second kappa shape index (κ2) is 14.6. The third-order valence-electron chi connectivity index (χ3n) is 9.17. The molecule has 4 aromatic rings. The van der Waals surface area contributed by atoms with Gasteiger partial charge in [-0.15, -0.1) is 0 Å². The molecule has 0 heterocycles. The highest BCUT2D eigenvalue weighted by atomic mass is 19.4. The number of aliphatic hydroxyl groups is 1. The number of carboxylic acid groups (broad SMARTS) is 1. The van der Waals surface area contributed by atoms with Gasteiger partial charge in [0, 0.05) is 11.3 Å². The summed E-state index contributed by atoms with van der Waals surface area (Å²) in [6.45, 7) is -0.317. The van der Waals surface area contributed by atoms with E-state index in [0.717, 1.165) is 36.5 Å². The second-order valence-corrected chi connectivity index (χ2v) is 12.5. The molecule has 1 unspecified atom stereocenters. The van der Waals surface area contributed by atoms with Crippen molar-refractivity contribution in [3.8, 4) is 11.1 Å². The van der Waals surface area contributed by atoms with Crippen LogP contribution >= 0.6 is 0 Å². The zero-order chi connectivity index (χ0) is 35.4. The number of halogens is 3. The Morgan fingerprint density at radius 2 is 1.64 bits per heavy atom. The van der Waals surface area contributed by atoms with E-state index >= 15 is 0 Å². The van der Waals surface area contributed by atoms with E-state index in [-0.39, 0.29) is 12.1 Å². The highest BCUT2D eigenvalue weighted by molar-refractivity contribution is 5.95. The average molecular weight is 684 g/mol. The van der Waals surface area contributed by atoms with Crippen LogP contribution in [0.4, 0.5) is 23.7 Å². The third-order valence-corrected chi connectivity index (χ3v) is 9.17. The van der Waals surface area contributed by atoms with Gasteiger partial charge in [-0.25, -0.2) is 9.59 Å². The number of rotatable bonds is 9. The number of carbonyl (C=O) groups is 3. The molecule has 0 fully saturated rings. The number of nitrogens with one attached hydrogen (secondary N) is 2. The van der Waals surface area contributed by atoms with Crippen molar-refractivity contribution in [2.75, 3.05) is 11.4 Å². The first-order chi connectivity index (χ1) is 24.0. The number of nitrogens with zero attached hydrogens (tertiary/aromatic N) is 1. The highest BCUT2D eigenvalue weighted by Crippen LogP contribution is 2.41. The number of carboxylic acids is 1. The maximum absolute atomic E-state index is 14.2. The van der Waals surface area contributed by atoms with E-state index in [4.69, 9.17) is 5.11 Å². The van der Waals surface area contributed by atoms with Crippen molar-refractivity contribution in [1.29, 1.82) is 0 Å². The van der Waals surface area contributed by atoms with Crippen LogP contribution in [-0.4, -0.2) is 40.8 Å². The Balaban J connectivity index is 1.26. The molecule has 0 spiro atoms. The van der Waals surface area contributed by atoms with Gasteiger partial charge in [0.05, 0.1) is 24.7 Å². The Bertz CT molecular complexity index is 1920. The summed E-state index contributed by atoms with van der Waals surface area (Å²) in [6, 6.07) is 24.2. The molecule has 0 saturated carbocycles. The fourth-order valence-electron chi connectivity index (χ4n) is 6.47. The highest BCUT2D eigenvalue weighted by Gasteiger charge is 2.34. The summed E-state index contributed by atoms with van der Waals surface area (Å²) in [5, 5.41) is 23.9. The molecule has 0 radical (unpaired) electrons. The number of anilines is 1. The Labute approximate surface area is 287 Å². The first kappa shape index (κ1) is 34.4. The molecule has 4 N–H and O–H groups in total. The second-order valence-electron chi connectivity index (χ2n) is 12.5. The van der Waals surface area contributed by atoms with Crippen LogP contribution in [0.15, 0.2) is 97.1 Å². The zero-order valence-electron chi connectivity index (χ0n) is 27.0. The van der Waals surface area contributed by atoms with Crippen LogP contribution in [-0.2, 0) is 23.9 Å². The van der Waals surface area contributed by atoms with Gasteiger partial charge < -0.3 is 20.8 Å². The Morgan fingerprint density at radius 1 is 0.900 bits per heavy atom. The van der Waals surface area contributed by atoms with Crippen molar-refractivity contribution >= 4 is 29.2 Å². The van der Waals surface area contributed by atoms with Gasteiger partial charge >= 0.3 is 18.2 Å². The summed E-state index contributed by atoms with van der Waals surface area (Å²) in [4.78, 5) is 39.2. The molecule has 2 aliphatic carbocycles. The molecule has 2 atom stereocenters. The maximum atomic E-state index is 14.2. The molecule has 0 aromatic heterocycles. The summed E-state index contributed by atoms with van der Waals surface area (Å²) < 4.78 is 40.7. The molecular weight excluding hydrogens is 647 g/mol. The number of hydrogen-bond acceptors (Lipinski definition) is 4. The van der Waals surface area contributed by atoms with Crippen LogP contribution in [0.5, 0.6) is 0 Å². The van der Waals surface area contributed by atoms with E-state index in [1.807, 2.05) is 30.3 Å². The van der Waals surface area contributed by atoms with Crippen LogP contribution in [0.3, 0.4) is 0 Å². The summed E-state index contributed by atoms with van der Waals surface area (Å²) in [5.74, 6) is -2.00. The molecule has 0 aliphatic heterocycles. The summed E-state index contributed by atoms with van der Waals surface area (Å²) in [5.41, 5.74) is 5.76. The summed E-state index contributed by atoms with van der Waals surface area (Å²) in [6.07, 6.45) is 0.654. The van der Waals surface area contributed by atoms with Crippen LogP contribution in [0.1, 0.15) is 69.9 Å². The Morgan fingerprint density at radius 3 is 2.32 bits per heavy atom.